The lowest BCUT2D eigenvalue weighted by molar-refractivity contribution is -0.139. The van der Waals surface area contributed by atoms with Gasteiger partial charge in [-0.2, -0.15) is 0 Å². The van der Waals surface area contributed by atoms with Gasteiger partial charge >= 0.3 is 0 Å². The normalized spacial score (nSPS) is 18.4. The summed E-state index contributed by atoms with van der Waals surface area (Å²) in [5.41, 5.74) is 0.778. The molecule has 2 heterocycles. The van der Waals surface area contributed by atoms with Crippen LogP contribution in [0.3, 0.4) is 0 Å². The van der Waals surface area contributed by atoms with Crippen molar-refractivity contribution in [3.05, 3.63) is 24.3 Å². The molecule has 2 aliphatic rings. The zero-order chi connectivity index (χ0) is 20.6. The highest BCUT2D eigenvalue weighted by molar-refractivity contribution is 5.88. The Labute approximate surface area is 171 Å². The van der Waals surface area contributed by atoms with Crippen LogP contribution in [0.5, 0.6) is 5.75 Å². The summed E-state index contributed by atoms with van der Waals surface area (Å²) in [5, 5.41) is 5.38. The third-order valence-corrected chi connectivity index (χ3v) is 5.16. The molecule has 8 nitrogen and oxygen atoms in total. The van der Waals surface area contributed by atoms with Crippen LogP contribution in [0.15, 0.2) is 24.3 Å². The maximum Gasteiger partial charge on any atom is 0.265 e. The van der Waals surface area contributed by atoms with Gasteiger partial charge in [-0.3, -0.25) is 14.4 Å². The van der Waals surface area contributed by atoms with Crippen LogP contribution in [0.2, 0.25) is 0 Å². The highest BCUT2D eigenvalue weighted by atomic mass is 16.5. The van der Waals surface area contributed by atoms with Crippen LogP contribution in [0.1, 0.15) is 32.6 Å². The number of nitrogens with one attached hydrogen (secondary N) is 2. The summed E-state index contributed by atoms with van der Waals surface area (Å²) in [6, 6.07) is 7.41. The number of amides is 3. The van der Waals surface area contributed by atoms with Crippen LogP contribution in [0, 0.1) is 0 Å². The first kappa shape index (κ1) is 21.0. The van der Waals surface area contributed by atoms with E-state index in [1.54, 1.807) is 0 Å². The van der Waals surface area contributed by atoms with Crippen molar-refractivity contribution in [3.8, 4) is 5.75 Å². The first-order valence-corrected chi connectivity index (χ1v) is 10.4. The average molecular weight is 402 g/mol. The number of nitrogens with zero attached hydrogens (tertiary/aromatic N) is 2. The Bertz CT molecular complexity index is 733. The van der Waals surface area contributed by atoms with Gasteiger partial charge in [-0.1, -0.05) is 19.1 Å². The minimum Gasteiger partial charge on any atom is -0.477 e. The van der Waals surface area contributed by atoms with Crippen molar-refractivity contribution in [1.29, 1.82) is 0 Å². The number of fused-ring (bicyclic) bond motifs is 1. The van der Waals surface area contributed by atoms with E-state index in [2.05, 4.69) is 10.6 Å². The monoisotopic (exact) mass is 402 g/mol. The average Bonchev–Trinajstić information content (AvgIpc) is 2.76. The number of rotatable bonds is 7. The van der Waals surface area contributed by atoms with Gasteiger partial charge in [0, 0.05) is 19.6 Å². The Balaban J connectivity index is 1.62. The summed E-state index contributed by atoms with van der Waals surface area (Å²) >= 11 is 0. The molecule has 0 aliphatic carbocycles. The lowest BCUT2D eigenvalue weighted by Gasteiger charge is -2.38. The molecule has 3 amide bonds. The molecular formula is C21H30N4O4. The van der Waals surface area contributed by atoms with Crippen LogP contribution in [0.25, 0.3) is 0 Å². The number of piperidine rings is 1. The minimum atomic E-state index is -0.636. The van der Waals surface area contributed by atoms with E-state index >= 15 is 0 Å². The highest BCUT2D eigenvalue weighted by Gasteiger charge is 2.34. The van der Waals surface area contributed by atoms with Gasteiger partial charge in [0.1, 0.15) is 5.75 Å². The van der Waals surface area contributed by atoms with Gasteiger partial charge < -0.3 is 25.2 Å². The molecule has 2 N–H and O–H groups in total. The molecule has 29 heavy (non-hydrogen) atoms. The number of likely N-dealkylation sites (tertiary alicyclic amines) is 1. The van der Waals surface area contributed by atoms with Gasteiger partial charge in [0.2, 0.25) is 11.8 Å². The molecule has 0 radical (unpaired) electrons. The Morgan fingerprint density at radius 2 is 1.83 bits per heavy atom. The molecule has 1 atom stereocenters. The highest BCUT2D eigenvalue weighted by Crippen LogP contribution is 2.33. The van der Waals surface area contributed by atoms with E-state index < -0.39 is 6.10 Å². The Hall–Kier alpha value is -2.77. The zero-order valence-electron chi connectivity index (χ0n) is 17.0. The van der Waals surface area contributed by atoms with Crippen molar-refractivity contribution in [2.45, 2.75) is 38.7 Å². The van der Waals surface area contributed by atoms with E-state index in [9.17, 15) is 14.4 Å². The maximum atomic E-state index is 12.9. The lowest BCUT2D eigenvalue weighted by Crippen LogP contribution is -2.53. The topological polar surface area (TPSA) is 91.0 Å². The Kier molecular flexibility index (Phi) is 7.32. The lowest BCUT2D eigenvalue weighted by atomic mass is 10.1. The third kappa shape index (κ3) is 5.62. The summed E-state index contributed by atoms with van der Waals surface area (Å²) in [5.74, 6) is 0.101. The number of benzene rings is 1. The molecular weight excluding hydrogens is 372 g/mol. The van der Waals surface area contributed by atoms with E-state index in [-0.39, 0.29) is 30.8 Å². The predicted molar refractivity (Wildman–Crippen MR) is 110 cm³/mol. The minimum absolute atomic E-state index is 0.0245. The first-order valence-electron chi connectivity index (χ1n) is 10.4. The molecule has 158 valence electrons. The van der Waals surface area contributed by atoms with Gasteiger partial charge in [0.05, 0.1) is 25.3 Å². The number of hydrogen-bond acceptors (Lipinski definition) is 5. The summed E-state index contributed by atoms with van der Waals surface area (Å²) in [4.78, 5) is 40.8. The number of para-hydroxylation sites is 2. The van der Waals surface area contributed by atoms with Crippen LogP contribution >= 0.6 is 0 Å². The molecule has 1 aromatic rings. The van der Waals surface area contributed by atoms with E-state index in [1.807, 2.05) is 41.0 Å². The quantitative estimate of drug-likeness (QED) is 0.708. The molecule has 0 spiro atoms. The molecule has 0 aromatic heterocycles. The number of ether oxygens (including phenoxy) is 1. The fraction of sp³-hybridized carbons (Fsp3) is 0.571. The SMILES string of the molecule is CCCNC(=O)CNC(=O)CN1C[C@@H](C(=O)N2CCCCC2)Oc2ccccc21. The van der Waals surface area contributed by atoms with Crippen molar-refractivity contribution in [2.75, 3.05) is 44.2 Å². The van der Waals surface area contributed by atoms with Crippen LogP contribution in [0.4, 0.5) is 5.69 Å². The van der Waals surface area contributed by atoms with Crippen molar-refractivity contribution in [2.24, 2.45) is 0 Å². The Morgan fingerprint density at radius 1 is 1.07 bits per heavy atom. The van der Waals surface area contributed by atoms with E-state index in [1.165, 1.54) is 0 Å². The summed E-state index contributed by atoms with van der Waals surface area (Å²) in [6.45, 7) is 4.39. The second-order valence-corrected chi connectivity index (χ2v) is 7.47. The van der Waals surface area contributed by atoms with Crippen LogP contribution in [-0.4, -0.2) is 68.0 Å². The smallest absolute Gasteiger partial charge is 0.265 e. The summed E-state index contributed by atoms with van der Waals surface area (Å²) in [7, 11) is 0. The van der Waals surface area contributed by atoms with Gasteiger partial charge in [0.25, 0.3) is 5.91 Å². The maximum absolute atomic E-state index is 12.9. The van der Waals surface area contributed by atoms with Crippen LogP contribution < -0.4 is 20.3 Å². The van der Waals surface area contributed by atoms with Crippen molar-refractivity contribution < 1.29 is 19.1 Å². The second-order valence-electron chi connectivity index (χ2n) is 7.47. The fourth-order valence-electron chi connectivity index (χ4n) is 3.64. The molecule has 3 rings (SSSR count). The first-order chi connectivity index (χ1) is 14.1. The molecule has 0 saturated carbocycles. The van der Waals surface area contributed by atoms with E-state index in [4.69, 9.17) is 4.74 Å². The number of carbonyl (C=O) groups is 3. The zero-order valence-corrected chi connectivity index (χ0v) is 17.0. The molecule has 1 saturated heterocycles. The number of anilines is 1. The van der Waals surface area contributed by atoms with Gasteiger partial charge in [-0.15, -0.1) is 0 Å². The third-order valence-electron chi connectivity index (χ3n) is 5.16. The summed E-state index contributed by atoms with van der Waals surface area (Å²) in [6.07, 6.45) is 3.39. The molecule has 1 aromatic carbocycles. The summed E-state index contributed by atoms with van der Waals surface area (Å²) < 4.78 is 5.97. The Morgan fingerprint density at radius 3 is 2.59 bits per heavy atom. The standard InChI is InChI=1S/C21H30N4O4/c1-2-10-22-19(26)13-23-20(27)15-25-14-18(21(28)24-11-6-3-7-12-24)29-17-9-5-4-8-16(17)25/h4-5,8-9,18H,2-3,6-7,10-15H2,1H3,(H,22,26)(H,23,27)/t18-/m0/s1. The molecule has 0 bridgehead atoms. The van der Waals surface area contributed by atoms with Crippen molar-refractivity contribution >= 4 is 23.4 Å². The number of hydrogen-bond donors (Lipinski definition) is 2. The molecule has 8 heteroatoms. The molecule has 1 fully saturated rings. The van der Waals surface area contributed by atoms with E-state index in [0.717, 1.165) is 44.5 Å². The number of carbonyl (C=O) groups excluding carboxylic acids is 3. The van der Waals surface area contributed by atoms with Crippen molar-refractivity contribution in [1.82, 2.24) is 15.5 Å². The largest absolute Gasteiger partial charge is 0.477 e. The molecule has 2 aliphatic heterocycles. The van der Waals surface area contributed by atoms with Gasteiger partial charge in [-0.05, 0) is 37.8 Å². The fourth-order valence-corrected chi connectivity index (χ4v) is 3.64. The molecule has 0 unspecified atom stereocenters. The van der Waals surface area contributed by atoms with Gasteiger partial charge in [-0.25, -0.2) is 0 Å². The van der Waals surface area contributed by atoms with Crippen molar-refractivity contribution in [3.63, 3.8) is 0 Å². The van der Waals surface area contributed by atoms with Crippen LogP contribution in [-0.2, 0) is 14.4 Å². The second kappa shape index (κ2) is 10.1. The van der Waals surface area contributed by atoms with Gasteiger partial charge in [0.15, 0.2) is 6.10 Å². The predicted octanol–water partition coefficient (Wildman–Crippen LogP) is 0.909. The van der Waals surface area contributed by atoms with E-state index in [0.29, 0.717) is 18.8 Å².